The number of nitrogens with two attached hydrogens (primary N) is 1. The van der Waals surface area contributed by atoms with E-state index in [1.54, 1.807) is 0 Å². The average molecular weight is 203 g/mol. The van der Waals surface area contributed by atoms with Crippen molar-refractivity contribution in [1.82, 2.24) is 0 Å². The van der Waals surface area contributed by atoms with E-state index in [1.807, 2.05) is 0 Å². The summed E-state index contributed by atoms with van der Waals surface area (Å²) in [6.45, 7) is 4.34. The van der Waals surface area contributed by atoms with Gasteiger partial charge in [0, 0.05) is 6.04 Å². The Balaban J connectivity index is 2.12. The summed E-state index contributed by atoms with van der Waals surface area (Å²) in [5.41, 5.74) is 10.4. The van der Waals surface area contributed by atoms with Gasteiger partial charge in [-0.15, -0.1) is 0 Å². The molecule has 0 spiro atoms. The van der Waals surface area contributed by atoms with Crippen molar-refractivity contribution in [2.75, 3.05) is 0 Å². The lowest BCUT2D eigenvalue weighted by Crippen LogP contribution is -2.21. The van der Waals surface area contributed by atoms with Gasteiger partial charge in [-0.1, -0.05) is 37.5 Å². The van der Waals surface area contributed by atoms with Crippen LogP contribution in [-0.2, 0) is 0 Å². The molecule has 82 valence electrons. The van der Waals surface area contributed by atoms with Crippen LogP contribution in [0.3, 0.4) is 0 Å². The van der Waals surface area contributed by atoms with E-state index in [0.29, 0.717) is 0 Å². The van der Waals surface area contributed by atoms with Crippen molar-refractivity contribution in [3.8, 4) is 0 Å². The molecule has 1 aromatic carbocycles. The molecule has 0 amide bonds. The maximum Gasteiger partial charge on any atom is 0.0302 e. The van der Waals surface area contributed by atoms with Crippen molar-refractivity contribution in [2.45, 2.75) is 45.6 Å². The molecule has 1 saturated carbocycles. The Morgan fingerprint density at radius 2 is 1.87 bits per heavy atom. The monoisotopic (exact) mass is 203 g/mol. The highest BCUT2D eigenvalue weighted by molar-refractivity contribution is 5.35. The van der Waals surface area contributed by atoms with E-state index < -0.39 is 0 Å². The predicted molar refractivity (Wildman–Crippen MR) is 64.8 cm³/mol. The lowest BCUT2D eigenvalue weighted by Gasteiger charge is -2.29. The highest BCUT2D eigenvalue weighted by Crippen LogP contribution is 2.35. The van der Waals surface area contributed by atoms with Crippen molar-refractivity contribution in [3.63, 3.8) is 0 Å². The third-order valence-corrected chi connectivity index (χ3v) is 3.72. The molecule has 1 heteroatoms. The number of hydrogen-bond donors (Lipinski definition) is 1. The van der Waals surface area contributed by atoms with E-state index in [4.69, 9.17) is 5.73 Å². The first-order chi connectivity index (χ1) is 7.18. The number of rotatable bonds is 3. The molecule has 0 saturated heterocycles. The molecule has 1 unspecified atom stereocenters. The zero-order valence-corrected chi connectivity index (χ0v) is 9.79. The summed E-state index contributed by atoms with van der Waals surface area (Å²) < 4.78 is 0. The van der Waals surface area contributed by atoms with E-state index >= 15 is 0 Å². The molecule has 1 aliphatic rings. The van der Waals surface area contributed by atoms with Crippen LogP contribution < -0.4 is 5.73 Å². The standard InChI is InChI=1S/C14H21N/c1-10-5-3-6-11(2)14(10)13(15)9-12-7-4-8-12/h3,5-6,12-13H,4,7-9,15H2,1-2H3. The summed E-state index contributed by atoms with van der Waals surface area (Å²) in [6, 6.07) is 6.70. The SMILES string of the molecule is Cc1cccc(C)c1C(N)CC1CCC1. The molecule has 1 nitrogen and oxygen atoms in total. The Morgan fingerprint density at radius 3 is 2.33 bits per heavy atom. The Morgan fingerprint density at radius 1 is 1.27 bits per heavy atom. The van der Waals surface area contributed by atoms with E-state index in [0.717, 1.165) is 5.92 Å². The highest BCUT2D eigenvalue weighted by atomic mass is 14.6. The molecular weight excluding hydrogens is 182 g/mol. The summed E-state index contributed by atoms with van der Waals surface area (Å²) in [4.78, 5) is 0. The van der Waals surface area contributed by atoms with Gasteiger partial charge in [0.25, 0.3) is 0 Å². The second-order valence-corrected chi connectivity index (χ2v) is 4.94. The van der Waals surface area contributed by atoms with Crippen LogP contribution in [0.15, 0.2) is 18.2 Å². The molecule has 1 aromatic rings. The molecule has 15 heavy (non-hydrogen) atoms. The van der Waals surface area contributed by atoms with E-state index in [2.05, 4.69) is 32.0 Å². The molecule has 0 aromatic heterocycles. The highest BCUT2D eigenvalue weighted by Gasteiger charge is 2.22. The van der Waals surface area contributed by atoms with Crippen LogP contribution in [0.5, 0.6) is 0 Å². The van der Waals surface area contributed by atoms with Crippen LogP contribution in [0.4, 0.5) is 0 Å². The molecule has 0 radical (unpaired) electrons. The molecule has 0 aliphatic heterocycles. The van der Waals surface area contributed by atoms with Crippen LogP contribution in [0.25, 0.3) is 0 Å². The summed E-state index contributed by atoms with van der Waals surface area (Å²) in [5, 5.41) is 0. The lowest BCUT2D eigenvalue weighted by atomic mass is 9.79. The minimum absolute atomic E-state index is 0.247. The molecule has 1 aliphatic carbocycles. The van der Waals surface area contributed by atoms with E-state index in [9.17, 15) is 0 Å². The molecule has 0 heterocycles. The fourth-order valence-corrected chi connectivity index (χ4v) is 2.62. The van der Waals surface area contributed by atoms with Crippen molar-refractivity contribution in [2.24, 2.45) is 11.7 Å². The van der Waals surface area contributed by atoms with Crippen LogP contribution in [-0.4, -0.2) is 0 Å². The quantitative estimate of drug-likeness (QED) is 0.799. The first-order valence-corrected chi connectivity index (χ1v) is 6.00. The Bertz CT molecular complexity index is 319. The maximum atomic E-state index is 6.31. The van der Waals surface area contributed by atoms with Crippen molar-refractivity contribution in [3.05, 3.63) is 34.9 Å². The Hall–Kier alpha value is -0.820. The van der Waals surface area contributed by atoms with Crippen molar-refractivity contribution < 1.29 is 0 Å². The second kappa shape index (κ2) is 4.36. The van der Waals surface area contributed by atoms with Gasteiger partial charge in [0.05, 0.1) is 0 Å². The molecule has 2 N–H and O–H groups in total. The Kier molecular flexibility index (Phi) is 3.11. The maximum absolute atomic E-state index is 6.31. The first-order valence-electron chi connectivity index (χ1n) is 6.00. The summed E-state index contributed by atoms with van der Waals surface area (Å²) >= 11 is 0. The molecule has 2 rings (SSSR count). The predicted octanol–water partition coefficient (Wildman–Crippen LogP) is 3.49. The summed E-state index contributed by atoms with van der Waals surface area (Å²) in [5.74, 6) is 0.888. The molecule has 0 bridgehead atoms. The van der Waals surface area contributed by atoms with Gasteiger partial charge in [0.15, 0.2) is 0 Å². The van der Waals surface area contributed by atoms with Gasteiger partial charge >= 0.3 is 0 Å². The normalized spacial score (nSPS) is 18.6. The van der Waals surface area contributed by atoms with E-state index in [-0.39, 0.29) is 6.04 Å². The van der Waals surface area contributed by atoms with E-state index in [1.165, 1.54) is 42.4 Å². The first kappa shape index (κ1) is 10.7. The van der Waals surface area contributed by atoms with Gasteiger partial charge in [0.1, 0.15) is 0 Å². The van der Waals surface area contributed by atoms with Crippen molar-refractivity contribution in [1.29, 1.82) is 0 Å². The smallest absolute Gasteiger partial charge is 0.0302 e. The minimum Gasteiger partial charge on any atom is -0.324 e. The van der Waals surface area contributed by atoms with Gasteiger partial charge in [0.2, 0.25) is 0 Å². The summed E-state index contributed by atoms with van der Waals surface area (Å²) in [6.07, 6.45) is 5.35. The molecule has 1 atom stereocenters. The number of hydrogen-bond acceptors (Lipinski definition) is 1. The third-order valence-electron chi connectivity index (χ3n) is 3.72. The van der Waals surface area contributed by atoms with Gasteiger partial charge in [-0.3, -0.25) is 0 Å². The lowest BCUT2D eigenvalue weighted by molar-refractivity contribution is 0.277. The fraction of sp³-hybridized carbons (Fsp3) is 0.571. The van der Waals surface area contributed by atoms with Gasteiger partial charge in [-0.2, -0.15) is 0 Å². The number of aryl methyl sites for hydroxylation is 2. The largest absolute Gasteiger partial charge is 0.324 e. The Labute approximate surface area is 92.7 Å². The fourth-order valence-electron chi connectivity index (χ4n) is 2.62. The topological polar surface area (TPSA) is 26.0 Å². The third kappa shape index (κ3) is 2.23. The van der Waals surface area contributed by atoms with Gasteiger partial charge in [-0.25, -0.2) is 0 Å². The molecular formula is C14H21N. The van der Waals surface area contributed by atoms with Crippen LogP contribution in [0.2, 0.25) is 0 Å². The van der Waals surface area contributed by atoms with Gasteiger partial charge < -0.3 is 5.73 Å². The second-order valence-electron chi connectivity index (χ2n) is 4.94. The van der Waals surface area contributed by atoms with Crippen molar-refractivity contribution >= 4 is 0 Å². The summed E-state index contributed by atoms with van der Waals surface area (Å²) in [7, 11) is 0. The van der Waals surface area contributed by atoms with Crippen LogP contribution in [0, 0.1) is 19.8 Å². The zero-order valence-electron chi connectivity index (χ0n) is 9.79. The van der Waals surface area contributed by atoms with Crippen LogP contribution >= 0.6 is 0 Å². The zero-order chi connectivity index (χ0) is 10.8. The van der Waals surface area contributed by atoms with Crippen LogP contribution in [0.1, 0.15) is 48.4 Å². The number of benzene rings is 1. The average Bonchev–Trinajstić information content (AvgIpc) is 2.11. The molecule has 1 fully saturated rings. The van der Waals surface area contributed by atoms with Gasteiger partial charge in [-0.05, 0) is 42.9 Å². The minimum atomic E-state index is 0.247.